The molecule has 0 aliphatic carbocycles. The highest BCUT2D eigenvalue weighted by atomic mass is 79.9. The van der Waals surface area contributed by atoms with E-state index in [-0.39, 0.29) is 53.4 Å². The molecular formula is C30H46BrClN4O4. The Hall–Kier alpha value is -1.68. The molecule has 1 aromatic carbocycles. The van der Waals surface area contributed by atoms with Crippen LogP contribution in [0.4, 0.5) is 0 Å². The Bertz CT molecular complexity index is 1030. The number of nitrogens with zero attached hydrogens (tertiary/aromatic N) is 3. The molecule has 1 aromatic rings. The van der Waals surface area contributed by atoms with Crippen molar-refractivity contribution in [2.24, 2.45) is 11.3 Å². The molecule has 4 rings (SSSR count). The molecule has 3 heterocycles. The Morgan fingerprint density at radius 1 is 1.05 bits per heavy atom. The molecule has 40 heavy (non-hydrogen) atoms. The van der Waals surface area contributed by atoms with Gasteiger partial charge in [0.2, 0.25) is 17.7 Å². The van der Waals surface area contributed by atoms with Crippen LogP contribution in [-0.2, 0) is 19.1 Å². The van der Waals surface area contributed by atoms with Gasteiger partial charge in [-0.15, -0.1) is 12.4 Å². The summed E-state index contributed by atoms with van der Waals surface area (Å²) in [5.74, 6) is -0.0484. The number of likely N-dealkylation sites (tertiary alicyclic amines) is 1. The summed E-state index contributed by atoms with van der Waals surface area (Å²) in [4.78, 5) is 45.8. The van der Waals surface area contributed by atoms with Crippen molar-refractivity contribution in [3.05, 3.63) is 34.3 Å². The second kappa shape index (κ2) is 14.0. The van der Waals surface area contributed by atoms with E-state index >= 15 is 0 Å². The number of carbonyl (C=O) groups is 3. The number of amides is 3. The zero-order valence-electron chi connectivity index (χ0n) is 24.5. The van der Waals surface area contributed by atoms with Crippen LogP contribution in [0, 0.1) is 11.3 Å². The minimum absolute atomic E-state index is 0. The summed E-state index contributed by atoms with van der Waals surface area (Å²) in [5.41, 5.74) is 1.10. The number of ether oxygens (including phenoxy) is 1. The monoisotopic (exact) mass is 640 g/mol. The number of hydrogen-bond acceptors (Lipinski definition) is 5. The lowest BCUT2D eigenvalue weighted by Crippen LogP contribution is -2.60. The van der Waals surface area contributed by atoms with E-state index < -0.39 is 6.04 Å². The van der Waals surface area contributed by atoms with E-state index in [4.69, 9.17) is 4.74 Å². The lowest BCUT2D eigenvalue weighted by molar-refractivity contribution is -0.147. The molecule has 2 unspecified atom stereocenters. The minimum atomic E-state index is -0.558. The summed E-state index contributed by atoms with van der Waals surface area (Å²) < 4.78 is 6.63. The maximum atomic E-state index is 14.1. The molecule has 0 saturated carbocycles. The molecule has 3 aliphatic heterocycles. The molecule has 3 aliphatic rings. The minimum Gasteiger partial charge on any atom is -0.381 e. The Labute approximate surface area is 254 Å². The van der Waals surface area contributed by atoms with Crippen LogP contribution in [0.5, 0.6) is 0 Å². The smallest absolute Gasteiger partial charge is 0.245 e. The molecule has 3 amide bonds. The molecule has 8 nitrogen and oxygen atoms in total. The third kappa shape index (κ3) is 8.20. The fourth-order valence-electron chi connectivity index (χ4n) is 6.46. The standard InChI is InChI=1S/C30H45BrN4O4.ClH/c1-20-17-33(12-13-35(20)29(38)27(32-21(2)36)16-30(3,4)5)28(37)26-19-34(24-10-14-39-15-11-24)18-25(26)22-6-8-23(31)9-7-22;/h6-9,20,24-27H,10-19H2,1-5H3,(H,32,36);1H/t20-,25?,26?,27+;/m1./s1. The molecule has 0 radical (unpaired) electrons. The van der Waals surface area contributed by atoms with E-state index in [1.54, 1.807) is 0 Å². The molecule has 0 aromatic heterocycles. The Kier molecular flexibility index (Phi) is 11.5. The van der Waals surface area contributed by atoms with Crippen molar-refractivity contribution in [2.75, 3.05) is 45.9 Å². The van der Waals surface area contributed by atoms with Crippen LogP contribution in [0.25, 0.3) is 0 Å². The summed E-state index contributed by atoms with van der Waals surface area (Å²) in [6, 6.07) is 8.17. The molecular weight excluding hydrogens is 596 g/mol. The molecule has 0 spiro atoms. The second-order valence-corrected chi connectivity index (χ2v) is 13.7. The third-order valence-electron chi connectivity index (χ3n) is 8.39. The maximum Gasteiger partial charge on any atom is 0.245 e. The largest absolute Gasteiger partial charge is 0.381 e. The highest BCUT2D eigenvalue weighted by Gasteiger charge is 2.44. The first-order valence-electron chi connectivity index (χ1n) is 14.4. The Morgan fingerprint density at radius 3 is 2.27 bits per heavy atom. The highest BCUT2D eigenvalue weighted by Crippen LogP contribution is 2.37. The van der Waals surface area contributed by atoms with Crippen molar-refractivity contribution < 1.29 is 19.1 Å². The van der Waals surface area contributed by atoms with Gasteiger partial charge in [0, 0.05) is 75.3 Å². The van der Waals surface area contributed by atoms with Gasteiger partial charge in [0.25, 0.3) is 0 Å². The van der Waals surface area contributed by atoms with Crippen molar-refractivity contribution in [3.8, 4) is 0 Å². The van der Waals surface area contributed by atoms with Crippen LogP contribution in [0.15, 0.2) is 28.7 Å². The van der Waals surface area contributed by atoms with E-state index in [2.05, 4.69) is 71.2 Å². The first-order valence-corrected chi connectivity index (χ1v) is 15.2. The van der Waals surface area contributed by atoms with Crippen molar-refractivity contribution in [2.45, 2.75) is 77.9 Å². The van der Waals surface area contributed by atoms with Crippen LogP contribution in [0.1, 0.15) is 65.4 Å². The summed E-state index contributed by atoms with van der Waals surface area (Å²) in [6.07, 6.45) is 2.59. The first kappa shape index (κ1) is 32.8. The number of piperazine rings is 1. The summed E-state index contributed by atoms with van der Waals surface area (Å²) in [5, 5.41) is 2.87. The number of hydrogen-bond donors (Lipinski definition) is 1. The van der Waals surface area contributed by atoms with Gasteiger partial charge in [-0.3, -0.25) is 19.3 Å². The van der Waals surface area contributed by atoms with E-state index in [0.717, 1.165) is 43.6 Å². The maximum absolute atomic E-state index is 14.1. The SMILES string of the molecule is CC(=O)N[C@@H](CC(C)(C)C)C(=O)N1CCN(C(=O)C2CN(C3CCOCC3)CC2c2ccc(Br)cc2)C[C@H]1C.Cl. The molecule has 1 N–H and O–H groups in total. The van der Waals surface area contributed by atoms with Gasteiger partial charge >= 0.3 is 0 Å². The number of halogens is 2. The van der Waals surface area contributed by atoms with Crippen molar-refractivity contribution >= 4 is 46.1 Å². The third-order valence-corrected chi connectivity index (χ3v) is 8.91. The predicted molar refractivity (Wildman–Crippen MR) is 162 cm³/mol. The van der Waals surface area contributed by atoms with E-state index in [1.165, 1.54) is 12.5 Å². The molecule has 3 saturated heterocycles. The predicted octanol–water partition coefficient (Wildman–Crippen LogP) is 4.07. The Balaban J connectivity index is 0.00000441. The molecule has 3 fully saturated rings. The van der Waals surface area contributed by atoms with Crippen LogP contribution >= 0.6 is 28.3 Å². The van der Waals surface area contributed by atoms with Crippen LogP contribution < -0.4 is 5.32 Å². The summed E-state index contributed by atoms with van der Waals surface area (Å²) in [6.45, 7) is 14.4. The quantitative estimate of drug-likeness (QED) is 0.507. The van der Waals surface area contributed by atoms with Crippen LogP contribution in [0.3, 0.4) is 0 Å². The molecule has 224 valence electrons. The van der Waals surface area contributed by atoms with Gasteiger partial charge in [0.15, 0.2) is 0 Å². The molecule has 10 heteroatoms. The zero-order valence-corrected chi connectivity index (χ0v) is 26.9. The molecule has 0 bridgehead atoms. The zero-order chi connectivity index (χ0) is 28.3. The van der Waals surface area contributed by atoms with Crippen molar-refractivity contribution in [3.63, 3.8) is 0 Å². The fourth-order valence-corrected chi connectivity index (χ4v) is 6.72. The number of rotatable bonds is 6. The summed E-state index contributed by atoms with van der Waals surface area (Å²) in [7, 11) is 0. The Morgan fingerprint density at radius 2 is 1.70 bits per heavy atom. The fraction of sp³-hybridized carbons (Fsp3) is 0.700. The average Bonchev–Trinajstić information content (AvgIpc) is 3.33. The normalized spacial score (nSPS) is 25.3. The summed E-state index contributed by atoms with van der Waals surface area (Å²) >= 11 is 3.54. The van der Waals surface area contributed by atoms with Gasteiger partial charge in [0.1, 0.15) is 6.04 Å². The number of benzene rings is 1. The van der Waals surface area contributed by atoms with E-state index in [1.807, 2.05) is 16.7 Å². The van der Waals surface area contributed by atoms with Gasteiger partial charge in [-0.1, -0.05) is 48.8 Å². The number of nitrogens with one attached hydrogen (secondary N) is 1. The van der Waals surface area contributed by atoms with Crippen LogP contribution in [0.2, 0.25) is 0 Å². The second-order valence-electron chi connectivity index (χ2n) is 12.7. The van der Waals surface area contributed by atoms with Crippen LogP contribution in [-0.4, -0.2) is 96.5 Å². The lowest BCUT2D eigenvalue weighted by Gasteiger charge is -2.43. The average molecular weight is 642 g/mol. The van der Waals surface area contributed by atoms with Crippen molar-refractivity contribution in [1.29, 1.82) is 0 Å². The lowest BCUT2D eigenvalue weighted by atomic mass is 9.87. The van der Waals surface area contributed by atoms with E-state index in [9.17, 15) is 14.4 Å². The van der Waals surface area contributed by atoms with Gasteiger partial charge in [-0.05, 0) is 49.3 Å². The van der Waals surface area contributed by atoms with Gasteiger partial charge in [0.05, 0.1) is 5.92 Å². The van der Waals surface area contributed by atoms with Gasteiger partial charge in [-0.2, -0.15) is 0 Å². The first-order chi connectivity index (χ1) is 18.4. The van der Waals surface area contributed by atoms with Gasteiger partial charge in [-0.25, -0.2) is 0 Å². The van der Waals surface area contributed by atoms with Gasteiger partial charge < -0.3 is 19.9 Å². The highest BCUT2D eigenvalue weighted by molar-refractivity contribution is 9.10. The number of carbonyl (C=O) groups excluding carboxylic acids is 3. The van der Waals surface area contributed by atoms with Crippen molar-refractivity contribution in [1.82, 2.24) is 20.0 Å². The van der Waals surface area contributed by atoms with E-state index in [0.29, 0.717) is 32.1 Å². The molecule has 4 atom stereocenters. The topological polar surface area (TPSA) is 82.2 Å².